The van der Waals surface area contributed by atoms with Gasteiger partial charge < -0.3 is 0 Å². The van der Waals surface area contributed by atoms with E-state index in [1.165, 1.54) is 0 Å². The van der Waals surface area contributed by atoms with Crippen molar-refractivity contribution in [2.75, 3.05) is 5.88 Å². The Balaban J connectivity index is 2.68. The van der Waals surface area contributed by atoms with E-state index in [0.29, 0.717) is 12.3 Å². The van der Waals surface area contributed by atoms with Crippen LogP contribution in [0.15, 0.2) is 0 Å². The van der Waals surface area contributed by atoms with Gasteiger partial charge in [-0.15, -0.1) is 11.6 Å². The molecule has 7 heavy (non-hydrogen) atoms. The van der Waals surface area contributed by atoms with Gasteiger partial charge in [0.25, 0.3) is 0 Å². The van der Waals surface area contributed by atoms with Crippen molar-refractivity contribution in [3.63, 3.8) is 0 Å². The van der Waals surface area contributed by atoms with Crippen LogP contribution < -0.4 is 0 Å². The van der Waals surface area contributed by atoms with E-state index in [4.69, 9.17) is 11.6 Å². The molecule has 0 aliphatic heterocycles. The third-order valence-electron chi connectivity index (χ3n) is 0.744. The summed E-state index contributed by atoms with van der Waals surface area (Å²) in [6.07, 6.45) is 1.13. The van der Waals surface area contributed by atoms with Gasteiger partial charge in [0.15, 0.2) is 0 Å². The van der Waals surface area contributed by atoms with E-state index < -0.39 is 6.10 Å². The second-order valence-corrected chi connectivity index (χ2v) is 2.02. The van der Waals surface area contributed by atoms with Crippen LogP contribution in [-0.2, 0) is 5.11 Å². The topological polar surface area (TPSA) is 19.9 Å². The number of halogens is 1. The molecule has 0 aromatic heterocycles. The molecule has 0 saturated heterocycles. The predicted octanol–water partition coefficient (Wildman–Crippen LogP) is 1.82. The highest BCUT2D eigenvalue weighted by molar-refractivity contribution is 6.17. The van der Waals surface area contributed by atoms with Crippen molar-refractivity contribution in [1.82, 2.24) is 0 Å². The molecule has 1 atom stereocenters. The van der Waals surface area contributed by atoms with Gasteiger partial charge in [-0.2, -0.15) is 0 Å². The van der Waals surface area contributed by atoms with Crippen molar-refractivity contribution in [3.8, 4) is 0 Å². The second kappa shape index (κ2) is 4.41. The minimum Gasteiger partial charge on any atom is -0.233 e. The summed E-state index contributed by atoms with van der Waals surface area (Å²) in [5, 5.41) is 10.2. The minimum absolute atomic E-state index is 0.432. The Hall–Kier alpha value is 0.250. The maximum atomic E-state index is 10.2. The third kappa shape index (κ3) is 6.25. The van der Waals surface area contributed by atoms with Gasteiger partial charge in [0, 0.05) is 5.88 Å². The first-order valence-electron chi connectivity index (χ1n) is 2.49. The Morgan fingerprint density at radius 1 is 1.71 bits per heavy atom. The van der Waals surface area contributed by atoms with E-state index in [1.54, 1.807) is 6.92 Å². The zero-order chi connectivity index (χ0) is 5.70. The molecule has 43 valence electrons. The van der Waals surface area contributed by atoms with Crippen molar-refractivity contribution < 1.29 is 5.11 Å². The second-order valence-electron chi connectivity index (χ2n) is 1.64. The molecule has 0 fully saturated rings. The lowest BCUT2D eigenvalue weighted by Crippen LogP contribution is -1.95. The van der Waals surface area contributed by atoms with Gasteiger partial charge in [-0.05, 0) is 19.8 Å². The average molecular weight is 122 g/mol. The average Bonchev–Trinajstić information content (AvgIpc) is 1.61. The molecule has 0 rings (SSSR count). The SMILES string of the molecule is CC([O])CCCCl. The van der Waals surface area contributed by atoms with Crippen molar-refractivity contribution >= 4 is 11.6 Å². The van der Waals surface area contributed by atoms with Crippen molar-refractivity contribution in [2.45, 2.75) is 25.9 Å². The van der Waals surface area contributed by atoms with Crippen LogP contribution in [0.4, 0.5) is 0 Å². The van der Waals surface area contributed by atoms with E-state index in [-0.39, 0.29) is 0 Å². The maximum Gasteiger partial charge on any atom is 0.0902 e. The number of alkyl halides is 1. The van der Waals surface area contributed by atoms with E-state index in [1.807, 2.05) is 0 Å². The van der Waals surface area contributed by atoms with E-state index >= 15 is 0 Å². The van der Waals surface area contributed by atoms with Crippen LogP contribution in [-0.4, -0.2) is 12.0 Å². The van der Waals surface area contributed by atoms with Gasteiger partial charge in [-0.25, -0.2) is 5.11 Å². The van der Waals surface area contributed by atoms with Crippen LogP contribution in [0.25, 0.3) is 0 Å². The fourth-order valence-corrected chi connectivity index (χ4v) is 0.519. The summed E-state index contributed by atoms with van der Waals surface area (Å²) < 4.78 is 0. The first-order valence-corrected chi connectivity index (χ1v) is 3.02. The highest BCUT2D eigenvalue weighted by atomic mass is 35.5. The van der Waals surface area contributed by atoms with Crippen molar-refractivity contribution in [1.29, 1.82) is 0 Å². The van der Waals surface area contributed by atoms with E-state index in [0.717, 1.165) is 6.42 Å². The summed E-state index contributed by atoms with van der Waals surface area (Å²) in [5.74, 6) is 0.618. The summed E-state index contributed by atoms with van der Waals surface area (Å²) in [6.45, 7) is 1.66. The molecule has 0 heterocycles. The van der Waals surface area contributed by atoms with Crippen LogP contribution in [0, 0.1) is 0 Å². The van der Waals surface area contributed by atoms with Crippen LogP contribution in [0.3, 0.4) is 0 Å². The summed E-state index contributed by atoms with van der Waals surface area (Å²) in [7, 11) is 0. The summed E-state index contributed by atoms with van der Waals surface area (Å²) in [5.41, 5.74) is 0. The molecule has 0 aromatic rings. The predicted molar refractivity (Wildman–Crippen MR) is 30.1 cm³/mol. The monoisotopic (exact) mass is 121 g/mol. The van der Waals surface area contributed by atoms with Crippen molar-refractivity contribution in [2.24, 2.45) is 0 Å². The zero-order valence-electron chi connectivity index (χ0n) is 4.48. The fourth-order valence-electron chi connectivity index (χ4n) is 0.365. The Kier molecular flexibility index (Phi) is 4.57. The maximum absolute atomic E-state index is 10.2. The Labute approximate surface area is 49.3 Å². The Morgan fingerprint density at radius 3 is 2.43 bits per heavy atom. The van der Waals surface area contributed by atoms with Gasteiger partial charge >= 0.3 is 0 Å². The highest BCUT2D eigenvalue weighted by Gasteiger charge is 1.93. The molecule has 1 nitrogen and oxygen atoms in total. The lowest BCUT2D eigenvalue weighted by Gasteiger charge is -1.94. The molecular formula is C5H10ClO. The molecule has 0 aromatic carbocycles. The third-order valence-corrected chi connectivity index (χ3v) is 1.01. The van der Waals surface area contributed by atoms with Gasteiger partial charge in [0.1, 0.15) is 0 Å². The van der Waals surface area contributed by atoms with Gasteiger partial charge in [-0.3, -0.25) is 0 Å². The molecule has 0 aliphatic rings. The van der Waals surface area contributed by atoms with E-state index in [2.05, 4.69) is 0 Å². The van der Waals surface area contributed by atoms with Crippen molar-refractivity contribution in [3.05, 3.63) is 0 Å². The smallest absolute Gasteiger partial charge is 0.0902 e. The first kappa shape index (κ1) is 7.25. The molecule has 2 heteroatoms. The quantitative estimate of drug-likeness (QED) is 0.508. The largest absolute Gasteiger partial charge is 0.233 e. The molecule has 0 N–H and O–H groups in total. The van der Waals surface area contributed by atoms with Crippen LogP contribution in [0.5, 0.6) is 0 Å². The molecule has 0 amide bonds. The van der Waals surface area contributed by atoms with Gasteiger partial charge in [0.05, 0.1) is 6.10 Å². The molecule has 0 aliphatic carbocycles. The number of hydrogen-bond acceptors (Lipinski definition) is 0. The molecule has 1 radical (unpaired) electrons. The molecule has 0 bridgehead atoms. The van der Waals surface area contributed by atoms with E-state index in [9.17, 15) is 5.11 Å². The highest BCUT2D eigenvalue weighted by Crippen LogP contribution is 1.96. The standard InChI is InChI=1S/C5H10ClO/c1-5(7)3-2-4-6/h5H,2-4H2,1H3. The molecular weight excluding hydrogens is 112 g/mol. The number of rotatable bonds is 3. The molecule has 1 unspecified atom stereocenters. The summed E-state index contributed by atoms with van der Waals surface area (Å²) >= 11 is 5.31. The van der Waals surface area contributed by atoms with Gasteiger partial charge in [0.2, 0.25) is 0 Å². The molecule has 0 spiro atoms. The Morgan fingerprint density at radius 2 is 2.29 bits per heavy atom. The lowest BCUT2D eigenvalue weighted by molar-refractivity contribution is 0.0972. The molecule has 0 saturated carbocycles. The summed E-state index contributed by atoms with van der Waals surface area (Å²) in [6, 6.07) is 0. The Bertz CT molecular complexity index is 37.1. The summed E-state index contributed by atoms with van der Waals surface area (Å²) in [4.78, 5) is 0. The number of hydrogen-bond donors (Lipinski definition) is 0. The first-order chi connectivity index (χ1) is 3.27. The zero-order valence-corrected chi connectivity index (χ0v) is 5.24. The fraction of sp³-hybridized carbons (Fsp3) is 1.00. The van der Waals surface area contributed by atoms with Crippen LogP contribution in [0.2, 0.25) is 0 Å². The minimum atomic E-state index is -0.432. The normalized spacial score (nSPS) is 14.1. The van der Waals surface area contributed by atoms with Gasteiger partial charge in [-0.1, -0.05) is 0 Å². The van der Waals surface area contributed by atoms with Crippen LogP contribution >= 0.6 is 11.6 Å². The van der Waals surface area contributed by atoms with Crippen LogP contribution in [0.1, 0.15) is 19.8 Å². The lowest BCUT2D eigenvalue weighted by atomic mass is 10.2.